The first kappa shape index (κ1) is 17.1. The minimum Gasteiger partial charge on any atom is -0.350 e. The van der Waals surface area contributed by atoms with Crippen LogP contribution >= 0.6 is 11.3 Å². The number of amides is 2. The molecule has 2 amide bonds. The maximum absolute atomic E-state index is 12.1. The molecule has 0 saturated heterocycles. The molecule has 1 atom stereocenters. The van der Waals surface area contributed by atoms with Crippen LogP contribution in [0.25, 0.3) is 0 Å². The number of nitrogens with zero attached hydrogens (tertiary/aromatic N) is 3. The van der Waals surface area contributed by atoms with Crippen molar-refractivity contribution in [2.24, 2.45) is 5.92 Å². The first-order valence-electron chi connectivity index (χ1n) is 7.37. The number of rotatable bonds is 6. The fourth-order valence-electron chi connectivity index (χ4n) is 2.16. The zero-order valence-electron chi connectivity index (χ0n) is 13.7. The third-order valence-corrected chi connectivity index (χ3v) is 3.98. The van der Waals surface area contributed by atoms with E-state index in [1.807, 2.05) is 24.6 Å². The predicted molar refractivity (Wildman–Crippen MR) is 89.6 cm³/mol. The Balaban J connectivity index is 1.84. The van der Waals surface area contributed by atoms with Crippen molar-refractivity contribution in [3.05, 3.63) is 28.5 Å². The van der Waals surface area contributed by atoms with Crippen LogP contribution in [0.2, 0.25) is 0 Å². The predicted octanol–water partition coefficient (Wildman–Crippen LogP) is 1.98. The van der Waals surface area contributed by atoms with Crippen molar-refractivity contribution in [1.82, 2.24) is 20.1 Å². The summed E-state index contributed by atoms with van der Waals surface area (Å²) in [6.07, 6.45) is 0. The Morgan fingerprint density at radius 3 is 2.74 bits per heavy atom. The summed E-state index contributed by atoms with van der Waals surface area (Å²) < 4.78 is 1.95. The molecule has 23 heavy (non-hydrogen) atoms. The van der Waals surface area contributed by atoms with Gasteiger partial charge in [-0.15, -0.1) is 11.3 Å². The standard InChI is InChI=1S/C15H21N5O2S/c1-9(7-20-11(3)5-10(2)19-20)6-16-14(22)13-8-23-15(18-13)17-12(4)21/h5,8-9H,6-7H2,1-4H3,(H,16,22)(H,17,18,21)/t9-/m1/s1. The molecule has 0 saturated carbocycles. The van der Waals surface area contributed by atoms with Crippen molar-refractivity contribution in [2.75, 3.05) is 11.9 Å². The number of carbonyl (C=O) groups excluding carboxylic acids is 2. The zero-order valence-corrected chi connectivity index (χ0v) is 14.5. The van der Waals surface area contributed by atoms with Crippen LogP contribution in [-0.2, 0) is 11.3 Å². The summed E-state index contributed by atoms with van der Waals surface area (Å²) >= 11 is 1.23. The van der Waals surface area contributed by atoms with E-state index in [4.69, 9.17) is 0 Å². The molecule has 2 aromatic heterocycles. The monoisotopic (exact) mass is 335 g/mol. The highest BCUT2D eigenvalue weighted by atomic mass is 32.1. The van der Waals surface area contributed by atoms with E-state index in [1.165, 1.54) is 18.3 Å². The van der Waals surface area contributed by atoms with Crippen molar-refractivity contribution >= 4 is 28.3 Å². The van der Waals surface area contributed by atoms with E-state index in [2.05, 4.69) is 27.6 Å². The fourth-order valence-corrected chi connectivity index (χ4v) is 2.90. The summed E-state index contributed by atoms with van der Waals surface area (Å²) in [5.74, 6) is -0.201. The van der Waals surface area contributed by atoms with E-state index in [1.54, 1.807) is 5.38 Å². The summed E-state index contributed by atoms with van der Waals surface area (Å²) in [4.78, 5) is 27.1. The van der Waals surface area contributed by atoms with E-state index in [9.17, 15) is 9.59 Å². The van der Waals surface area contributed by atoms with Gasteiger partial charge in [0.2, 0.25) is 5.91 Å². The van der Waals surface area contributed by atoms with Gasteiger partial charge < -0.3 is 10.6 Å². The Hall–Kier alpha value is -2.22. The van der Waals surface area contributed by atoms with Crippen LogP contribution in [-0.4, -0.2) is 33.1 Å². The van der Waals surface area contributed by atoms with E-state index in [0.717, 1.165) is 17.9 Å². The second-order valence-electron chi connectivity index (χ2n) is 5.64. The minimum absolute atomic E-state index is 0.204. The minimum atomic E-state index is -0.238. The Morgan fingerprint density at radius 1 is 1.39 bits per heavy atom. The van der Waals surface area contributed by atoms with Gasteiger partial charge in [-0.25, -0.2) is 4.98 Å². The van der Waals surface area contributed by atoms with Crippen LogP contribution in [0.5, 0.6) is 0 Å². The number of carbonyl (C=O) groups is 2. The van der Waals surface area contributed by atoms with Crippen molar-refractivity contribution in [3.63, 3.8) is 0 Å². The molecule has 0 unspecified atom stereocenters. The molecule has 2 aromatic rings. The Morgan fingerprint density at radius 2 is 2.13 bits per heavy atom. The average Bonchev–Trinajstić information content (AvgIpc) is 3.03. The highest BCUT2D eigenvalue weighted by molar-refractivity contribution is 7.14. The molecule has 2 rings (SSSR count). The summed E-state index contributed by atoms with van der Waals surface area (Å²) in [5, 5.41) is 11.9. The lowest BCUT2D eigenvalue weighted by molar-refractivity contribution is -0.114. The molecule has 0 aromatic carbocycles. The van der Waals surface area contributed by atoms with Crippen molar-refractivity contribution < 1.29 is 9.59 Å². The molecule has 0 aliphatic heterocycles. The molecule has 7 nitrogen and oxygen atoms in total. The van der Waals surface area contributed by atoms with Gasteiger partial charge in [0.05, 0.1) is 5.69 Å². The van der Waals surface area contributed by atoms with Crippen LogP contribution in [0.15, 0.2) is 11.4 Å². The van der Waals surface area contributed by atoms with Gasteiger partial charge in [0.25, 0.3) is 5.91 Å². The first-order chi connectivity index (χ1) is 10.8. The largest absolute Gasteiger partial charge is 0.350 e. The van der Waals surface area contributed by atoms with Gasteiger partial charge in [-0.3, -0.25) is 14.3 Å². The second kappa shape index (κ2) is 7.36. The summed E-state index contributed by atoms with van der Waals surface area (Å²) in [7, 11) is 0. The van der Waals surface area contributed by atoms with Crippen molar-refractivity contribution in [2.45, 2.75) is 34.2 Å². The number of aryl methyl sites for hydroxylation is 2. The van der Waals surface area contributed by atoms with E-state index in [-0.39, 0.29) is 17.7 Å². The molecular formula is C15H21N5O2S. The number of hydrogen-bond acceptors (Lipinski definition) is 5. The van der Waals surface area contributed by atoms with Crippen LogP contribution in [0.3, 0.4) is 0 Å². The number of thiazole rings is 1. The van der Waals surface area contributed by atoms with E-state index < -0.39 is 0 Å². The van der Waals surface area contributed by atoms with Gasteiger partial charge in [-0.2, -0.15) is 5.10 Å². The lowest BCUT2D eigenvalue weighted by Crippen LogP contribution is -2.30. The number of aromatic nitrogens is 3. The molecule has 0 fully saturated rings. The van der Waals surface area contributed by atoms with Gasteiger partial charge in [0, 0.05) is 31.1 Å². The van der Waals surface area contributed by atoms with Crippen LogP contribution in [0.1, 0.15) is 35.7 Å². The molecular weight excluding hydrogens is 314 g/mol. The summed E-state index contributed by atoms with van der Waals surface area (Å²) in [6.45, 7) is 8.72. The van der Waals surface area contributed by atoms with Crippen LogP contribution in [0.4, 0.5) is 5.13 Å². The van der Waals surface area contributed by atoms with Gasteiger partial charge in [-0.05, 0) is 25.8 Å². The molecule has 124 valence electrons. The third-order valence-electron chi connectivity index (χ3n) is 3.22. The third kappa shape index (κ3) is 4.88. The van der Waals surface area contributed by atoms with Gasteiger partial charge in [0.1, 0.15) is 5.69 Å². The SMILES string of the molecule is CC(=O)Nc1nc(C(=O)NC[C@@H](C)Cn2nc(C)cc2C)cs1. The molecule has 2 heterocycles. The quantitative estimate of drug-likeness (QED) is 0.845. The van der Waals surface area contributed by atoms with Crippen LogP contribution < -0.4 is 10.6 Å². The molecule has 0 aliphatic carbocycles. The first-order valence-corrected chi connectivity index (χ1v) is 8.25. The maximum Gasteiger partial charge on any atom is 0.270 e. The van der Waals surface area contributed by atoms with Crippen molar-refractivity contribution in [3.8, 4) is 0 Å². The zero-order chi connectivity index (χ0) is 17.0. The normalized spacial score (nSPS) is 12.0. The van der Waals surface area contributed by atoms with Gasteiger partial charge >= 0.3 is 0 Å². The maximum atomic E-state index is 12.1. The average molecular weight is 335 g/mol. The number of anilines is 1. The fraction of sp³-hybridized carbons (Fsp3) is 0.467. The molecule has 0 aliphatic rings. The second-order valence-corrected chi connectivity index (χ2v) is 6.50. The summed E-state index contributed by atoms with van der Waals surface area (Å²) in [6, 6.07) is 2.03. The molecule has 0 spiro atoms. The van der Waals surface area contributed by atoms with E-state index in [0.29, 0.717) is 17.4 Å². The molecule has 0 bridgehead atoms. The topological polar surface area (TPSA) is 88.9 Å². The van der Waals surface area contributed by atoms with Gasteiger partial charge in [0.15, 0.2) is 5.13 Å². The molecule has 8 heteroatoms. The highest BCUT2D eigenvalue weighted by Gasteiger charge is 2.13. The Kier molecular flexibility index (Phi) is 5.49. The smallest absolute Gasteiger partial charge is 0.270 e. The number of hydrogen-bond donors (Lipinski definition) is 2. The Labute approximate surface area is 139 Å². The van der Waals surface area contributed by atoms with Crippen molar-refractivity contribution in [1.29, 1.82) is 0 Å². The Bertz CT molecular complexity index is 707. The number of nitrogens with one attached hydrogen (secondary N) is 2. The van der Waals surface area contributed by atoms with Crippen LogP contribution in [0, 0.1) is 19.8 Å². The molecule has 2 N–H and O–H groups in total. The lowest BCUT2D eigenvalue weighted by atomic mass is 10.2. The van der Waals surface area contributed by atoms with E-state index >= 15 is 0 Å². The molecule has 0 radical (unpaired) electrons. The van der Waals surface area contributed by atoms with Gasteiger partial charge in [-0.1, -0.05) is 6.92 Å². The lowest BCUT2D eigenvalue weighted by Gasteiger charge is -2.13. The summed E-state index contributed by atoms with van der Waals surface area (Å²) in [5.41, 5.74) is 2.42. The highest BCUT2D eigenvalue weighted by Crippen LogP contribution is 2.15.